The molecule has 0 bridgehead atoms. The smallest absolute Gasteiger partial charge is 0.263 e. The van der Waals surface area contributed by atoms with Crippen LogP contribution in [0.1, 0.15) is 11.1 Å². The molecule has 0 radical (unpaired) electrons. The van der Waals surface area contributed by atoms with Crippen LogP contribution in [0.25, 0.3) is 6.08 Å². The van der Waals surface area contributed by atoms with Gasteiger partial charge in [0.05, 0.1) is 7.11 Å². The Labute approximate surface area is 155 Å². The molecule has 1 fully saturated rings. The number of ether oxygens (including phenoxy) is 2. The third-order valence-corrected chi connectivity index (χ3v) is 3.88. The minimum absolute atomic E-state index is 0.000564. The van der Waals surface area contributed by atoms with Gasteiger partial charge in [0.15, 0.2) is 16.6 Å². The Morgan fingerprint density at radius 3 is 2.35 bits per heavy atom. The summed E-state index contributed by atoms with van der Waals surface area (Å²) in [6, 6.07) is 14.9. The zero-order chi connectivity index (χ0) is 18.5. The standard InChI is InChI=1S/C19H16N2O4S/c1-24-16-10-13(9-14-17(22)20-19(26)21-18(14)23)7-8-15(16)25-11-12-5-3-2-4-6-12/h2-10H,11H2,1H3,(H2,20,21,22,23,26). The van der Waals surface area contributed by atoms with Gasteiger partial charge >= 0.3 is 0 Å². The van der Waals surface area contributed by atoms with Gasteiger partial charge < -0.3 is 9.47 Å². The van der Waals surface area contributed by atoms with Crippen molar-refractivity contribution in [2.24, 2.45) is 0 Å². The van der Waals surface area contributed by atoms with Gasteiger partial charge in [-0.1, -0.05) is 36.4 Å². The largest absolute Gasteiger partial charge is 0.493 e. The summed E-state index contributed by atoms with van der Waals surface area (Å²) < 4.78 is 11.2. The number of thiocarbonyl (C=S) groups is 1. The summed E-state index contributed by atoms with van der Waals surface area (Å²) in [5.74, 6) is -0.0103. The number of hydrogen-bond acceptors (Lipinski definition) is 5. The maximum absolute atomic E-state index is 11.9. The third kappa shape index (κ3) is 4.07. The molecule has 1 aliphatic heterocycles. The number of benzene rings is 2. The van der Waals surface area contributed by atoms with E-state index >= 15 is 0 Å². The molecule has 1 saturated heterocycles. The summed E-state index contributed by atoms with van der Waals surface area (Å²) in [5.41, 5.74) is 1.63. The van der Waals surface area contributed by atoms with Crippen LogP contribution in [0.3, 0.4) is 0 Å². The van der Waals surface area contributed by atoms with Crippen LogP contribution in [0.15, 0.2) is 54.1 Å². The third-order valence-electron chi connectivity index (χ3n) is 3.68. The van der Waals surface area contributed by atoms with Gasteiger partial charge in [0.25, 0.3) is 11.8 Å². The maximum atomic E-state index is 11.9. The van der Waals surface area contributed by atoms with E-state index < -0.39 is 11.8 Å². The summed E-state index contributed by atoms with van der Waals surface area (Å²) in [5, 5.41) is 4.79. The number of rotatable bonds is 5. The maximum Gasteiger partial charge on any atom is 0.263 e. The highest BCUT2D eigenvalue weighted by atomic mass is 32.1. The quantitative estimate of drug-likeness (QED) is 0.481. The van der Waals surface area contributed by atoms with Crippen LogP contribution in [-0.4, -0.2) is 24.0 Å². The minimum Gasteiger partial charge on any atom is -0.493 e. The van der Waals surface area contributed by atoms with E-state index in [-0.39, 0.29) is 10.7 Å². The van der Waals surface area contributed by atoms with Gasteiger partial charge in [0, 0.05) is 0 Å². The van der Waals surface area contributed by atoms with Crippen LogP contribution in [0.2, 0.25) is 0 Å². The molecular weight excluding hydrogens is 352 g/mol. The summed E-state index contributed by atoms with van der Waals surface area (Å²) >= 11 is 4.78. The van der Waals surface area contributed by atoms with Crippen molar-refractivity contribution >= 4 is 35.2 Å². The SMILES string of the molecule is COc1cc(C=C2C(=O)NC(=S)NC2=O)ccc1OCc1ccccc1. The second-order valence-electron chi connectivity index (χ2n) is 5.48. The molecule has 2 amide bonds. The highest BCUT2D eigenvalue weighted by molar-refractivity contribution is 7.80. The number of methoxy groups -OCH3 is 1. The predicted octanol–water partition coefficient (Wildman–Crippen LogP) is 2.19. The fourth-order valence-electron chi connectivity index (χ4n) is 2.40. The van der Waals surface area contributed by atoms with Crippen molar-refractivity contribution < 1.29 is 19.1 Å². The average molecular weight is 368 g/mol. The van der Waals surface area contributed by atoms with Crippen molar-refractivity contribution in [3.05, 3.63) is 65.2 Å². The molecule has 132 valence electrons. The van der Waals surface area contributed by atoms with Crippen molar-refractivity contribution in [1.29, 1.82) is 0 Å². The van der Waals surface area contributed by atoms with Gasteiger partial charge in [-0.25, -0.2) is 0 Å². The summed E-state index contributed by atoms with van der Waals surface area (Å²) in [6.07, 6.45) is 1.47. The molecule has 3 rings (SSSR count). The number of carbonyl (C=O) groups excluding carboxylic acids is 2. The van der Waals surface area contributed by atoms with Crippen LogP contribution < -0.4 is 20.1 Å². The van der Waals surface area contributed by atoms with E-state index in [9.17, 15) is 9.59 Å². The molecule has 0 aliphatic carbocycles. The highest BCUT2D eigenvalue weighted by Crippen LogP contribution is 2.29. The number of carbonyl (C=O) groups is 2. The van der Waals surface area contributed by atoms with Crippen LogP contribution in [0.4, 0.5) is 0 Å². The zero-order valence-electron chi connectivity index (χ0n) is 13.9. The van der Waals surface area contributed by atoms with E-state index in [1.165, 1.54) is 13.2 Å². The van der Waals surface area contributed by atoms with E-state index in [1.54, 1.807) is 18.2 Å². The Morgan fingerprint density at radius 1 is 1.00 bits per heavy atom. The molecule has 2 aromatic rings. The molecular formula is C19H16N2O4S. The Bertz CT molecular complexity index is 872. The van der Waals surface area contributed by atoms with Gasteiger partial charge in [-0.3, -0.25) is 20.2 Å². The molecule has 0 atom stereocenters. The monoisotopic (exact) mass is 368 g/mol. The molecule has 26 heavy (non-hydrogen) atoms. The first-order valence-corrected chi connectivity index (χ1v) is 8.21. The lowest BCUT2D eigenvalue weighted by Gasteiger charge is -2.16. The molecule has 2 aromatic carbocycles. The van der Waals surface area contributed by atoms with Crippen molar-refractivity contribution in [3.8, 4) is 11.5 Å². The highest BCUT2D eigenvalue weighted by Gasteiger charge is 2.25. The molecule has 0 aromatic heterocycles. The van der Waals surface area contributed by atoms with Gasteiger partial charge in [-0.15, -0.1) is 0 Å². The van der Waals surface area contributed by atoms with E-state index in [1.807, 2.05) is 30.3 Å². The molecule has 1 heterocycles. The van der Waals surface area contributed by atoms with Gasteiger partial charge in [0.1, 0.15) is 12.2 Å². The molecule has 0 saturated carbocycles. The minimum atomic E-state index is -0.540. The topological polar surface area (TPSA) is 76.7 Å². The van der Waals surface area contributed by atoms with Crippen molar-refractivity contribution in [2.75, 3.05) is 7.11 Å². The van der Waals surface area contributed by atoms with E-state index in [0.717, 1.165) is 5.56 Å². The second-order valence-corrected chi connectivity index (χ2v) is 5.89. The number of hydrogen-bond donors (Lipinski definition) is 2. The lowest BCUT2D eigenvalue weighted by molar-refractivity contribution is -0.123. The van der Waals surface area contributed by atoms with Gasteiger partial charge in [0.2, 0.25) is 0 Å². The van der Waals surface area contributed by atoms with Crippen molar-refractivity contribution in [1.82, 2.24) is 10.6 Å². The van der Waals surface area contributed by atoms with Crippen LogP contribution in [0, 0.1) is 0 Å². The average Bonchev–Trinajstić information content (AvgIpc) is 2.64. The second kappa shape index (κ2) is 7.79. The van der Waals surface area contributed by atoms with E-state index in [0.29, 0.717) is 23.7 Å². The first-order valence-electron chi connectivity index (χ1n) is 7.80. The lowest BCUT2D eigenvalue weighted by atomic mass is 10.1. The van der Waals surface area contributed by atoms with Gasteiger partial charge in [-0.05, 0) is 41.6 Å². The predicted molar refractivity (Wildman–Crippen MR) is 101 cm³/mol. The fourth-order valence-corrected chi connectivity index (χ4v) is 2.59. The Morgan fingerprint density at radius 2 is 1.69 bits per heavy atom. The first-order chi connectivity index (χ1) is 12.6. The first kappa shape index (κ1) is 17.6. The van der Waals surface area contributed by atoms with Crippen LogP contribution >= 0.6 is 12.2 Å². The summed E-state index contributed by atoms with van der Waals surface area (Å²) in [4.78, 5) is 23.8. The number of amides is 2. The molecule has 6 nitrogen and oxygen atoms in total. The van der Waals surface area contributed by atoms with Crippen molar-refractivity contribution in [3.63, 3.8) is 0 Å². The Balaban J connectivity index is 1.80. The normalized spacial score (nSPS) is 13.7. The van der Waals surface area contributed by atoms with Crippen LogP contribution in [-0.2, 0) is 16.2 Å². The zero-order valence-corrected chi connectivity index (χ0v) is 14.8. The Kier molecular flexibility index (Phi) is 5.28. The fraction of sp³-hybridized carbons (Fsp3) is 0.105. The van der Waals surface area contributed by atoms with E-state index in [2.05, 4.69) is 10.6 Å². The van der Waals surface area contributed by atoms with Crippen molar-refractivity contribution in [2.45, 2.75) is 6.61 Å². The number of nitrogens with one attached hydrogen (secondary N) is 2. The molecule has 2 N–H and O–H groups in total. The summed E-state index contributed by atoms with van der Waals surface area (Å²) in [6.45, 7) is 0.403. The molecule has 7 heteroatoms. The molecule has 1 aliphatic rings. The Hall–Kier alpha value is -3.19. The van der Waals surface area contributed by atoms with Gasteiger partial charge in [-0.2, -0.15) is 0 Å². The lowest BCUT2D eigenvalue weighted by Crippen LogP contribution is -2.51. The summed E-state index contributed by atoms with van der Waals surface area (Å²) in [7, 11) is 1.53. The molecule has 0 unspecified atom stereocenters. The molecule has 0 spiro atoms. The van der Waals surface area contributed by atoms with E-state index in [4.69, 9.17) is 21.7 Å². The van der Waals surface area contributed by atoms with Crippen LogP contribution in [0.5, 0.6) is 11.5 Å².